The monoisotopic (exact) mass is 365 g/mol. The van der Waals surface area contributed by atoms with Gasteiger partial charge in [-0.25, -0.2) is 8.42 Å². The number of nitrogens with zero attached hydrogens (tertiary/aromatic N) is 1. The molecule has 7 heteroatoms. The van der Waals surface area contributed by atoms with Gasteiger partial charge < -0.3 is 10.6 Å². The first-order chi connectivity index (χ1) is 12.0. The number of sulfonamides is 1. The Labute approximate surface area is 150 Å². The van der Waals surface area contributed by atoms with E-state index < -0.39 is 10.0 Å². The van der Waals surface area contributed by atoms with Crippen LogP contribution in [0.2, 0.25) is 0 Å². The number of aryl methyl sites for hydroxylation is 1. The molecule has 25 heavy (non-hydrogen) atoms. The molecule has 2 aliphatic heterocycles. The average Bonchev–Trinajstić information content (AvgIpc) is 2.63. The van der Waals surface area contributed by atoms with Gasteiger partial charge in [-0.1, -0.05) is 17.7 Å². The van der Waals surface area contributed by atoms with Gasteiger partial charge in [0.2, 0.25) is 15.9 Å². The Balaban J connectivity index is 1.65. The van der Waals surface area contributed by atoms with Crippen molar-refractivity contribution in [2.24, 2.45) is 5.92 Å². The van der Waals surface area contributed by atoms with Crippen molar-refractivity contribution in [3.05, 3.63) is 29.8 Å². The van der Waals surface area contributed by atoms with E-state index in [0.29, 0.717) is 17.9 Å². The van der Waals surface area contributed by atoms with Gasteiger partial charge in [-0.15, -0.1) is 0 Å². The number of benzene rings is 1. The lowest BCUT2D eigenvalue weighted by molar-refractivity contribution is -0.126. The van der Waals surface area contributed by atoms with Gasteiger partial charge in [0.05, 0.1) is 10.8 Å². The highest BCUT2D eigenvalue weighted by Crippen LogP contribution is 2.24. The third kappa shape index (κ3) is 4.40. The second-order valence-electron chi connectivity index (χ2n) is 7.07. The highest BCUT2D eigenvalue weighted by Gasteiger charge is 2.34. The molecule has 0 spiro atoms. The first-order valence-electron chi connectivity index (χ1n) is 9.05. The molecule has 2 atom stereocenters. The molecule has 2 heterocycles. The van der Waals surface area contributed by atoms with Crippen LogP contribution in [-0.4, -0.2) is 50.9 Å². The number of piperidine rings is 2. The number of hydrogen-bond donors (Lipinski definition) is 2. The molecule has 0 radical (unpaired) electrons. The van der Waals surface area contributed by atoms with E-state index in [2.05, 4.69) is 10.6 Å². The van der Waals surface area contributed by atoms with Gasteiger partial charge in [0.25, 0.3) is 0 Å². The first kappa shape index (κ1) is 18.4. The van der Waals surface area contributed by atoms with Gasteiger partial charge in [0, 0.05) is 25.7 Å². The Morgan fingerprint density at radius 1 is 1.20 bits per heavy atom. The largest absolute Gasteiger partial charge is 0.352 e. The summed E-state index contributed by atoms with van der Waals surface area (Å²) in [5, 5.41) is 6.37. The van der Waals surface area contributed by atoms with E-state index in [4.69, 9.17) is 0 Å². The molecule has 0 aromatic heterocycles. The van der Waals surface area contributed by atoms with Crippen LogP contribution in [0, 0.1) is 12.8 Å². The molecule has 6 nitrogen and oxygen atoms in total. The average molecular weight is 365 g/mol. The van der Waals surface area contributed by atoms with Crippen LogP contribution in [0.1, 0.15) is 31.2 Å². The molecule has 2 fully saturated rings. The van der Waals surface area contributed by atoms with E-state index in [0.717, 1.165) is 37.9 Å². The minimum absolute atomic E-state index is 0.0162. The Kier molecular flexibility index (Phi) is 5.76. The van der Waals surface area contributed by atoms with Crippen molar-refractivity contribution >= 4 is 15.9 Å². The fourth-order valence-corrected chi connectivity index (χ4v) is 5.05. The molecule has 3 rings (SSSR count). The maximum atomic E-state index is 12.8. The smallest absolute Gasteiger partial charge is 0.243 e. The lowest BCUT2D eigenvalue weighted by Gasteiger charge is -2.33. The summed E-state index contributed by atoms with van der Waals surface area (Å²) in [7, 11) is -3.54. The second-order valence-corrected chi connectivity index (χ2v) is 9.01. The summed E-state index contributed by atoms with van der Waals surface area (Å²) in [6.07, 6.45) is 3.50. The minimum atomic E-state index is -3.54. The molecule has 0 bridgehead atoms. The fraction of sp³-hybridized carbons (Fsp3) is 0.611. The molecule has 138 valence electrons. The topological polar surface area (TPSA) is 78.5 Å². The summed E-state index contributed by atoms with van der Waals surface area (Å²) in [6.45, 7) is 4.47. The third-order valence-electron chi connectivity index (χ3n) is 5.06. The first-order valence-corrected chi connectivity index (χ1v) is 10.5. The predicted molar refractivity (Wildman–Crippen MR) is 96.7 cm³/mol. The lowest BCUT2D eigenvalue weighted by Crippen LogP contribution is -2.51. The number of carbonyl (C=O) groups excluding carboxylic acids is 1. The molecule has 1 aromatic carbocycles. The number of carbonyl (C=O) groups is 1. The highest BCUT2D eigenvalue weighted by molar-refractivity contribution is 7.89. The molecule has 0 aliphatic carbocycles. The highest BCUT2D eigenvalue weighted by atomic mass is 32.2. The van der Waals surface area contributed by atoms with E-state index in [9.17, 15) is 13.2 Å². The standard InChI is InChI=1S/C18H27N3O3S/c1-14-6-8-17(9-7-14)25(23,24)21-11-3-4-15(13-21)18(22)20-16-5-2-10-19-12-16/h6-9,15-16,19H,2-5,10-13H2,1H3,(H,20,22). The Hall–Kier alpha value is -1.44. The van der Waals surface area contributed by atoms with E-state index in [1.54, 1.807) is 24.3 Å². The van der Waals surface area contributed by atoms with Crippen molar-refractivity contribution in [1.82, 2.24) is 14.9 Å². The van der Waals surface area contributed by atoms with E-state index in [1.165, 1.54) is 4.31 Å². The summed E-state index contributed by atoms with van der Waals surface area (Å²) < 4.78 is 27.1. The molecule has 2 N–H and O–H groups in total. The number of amides is 1. The van der Waals surface area contributed by atoms with Crippen molar-refractivity contribution in [2.45, 2.75) is 43.5 Å². The van der Waals surface area contributed by atoms with Crippen molar-refractivity contribution in [1.29, 1.82) is 0 Å². The van der Waals surface area contributed by atoms with Gasteiger partial charge in [0.15, 0.2) is 0 Å². The van der Waals surface area contributed by atoms with Gasteiger partial charge >= 0.3 is 0 Å². The van der Waals surface area contributed by atoms with Crippen LogP contribution >= 0.6 is 0 Å². The van der Waals surface area contributed by atoms with Gasteiger partial charge in [-0.3, -0.25) is 4.79 Å². The lowest BCUT2D eigenvalue weighted by atomic mass is 9.97. The molecule has 2 aliphatic rings. The maximum Gasteiger partial charge on any atom is 0.243 e. The second kappa shape index (κ2) is 7.85. The Morgan fingerprint density at radius 2 is 1.96 bits per heavy atom. The number of hydrogen-bond acceptors (Lipinski definition) is 4. The quantitative estimate of drug-likeness (QED) is 0.842. The van der Waals surface area contributed by atoms with Crippen molar-refractivity contribution in [2.75, 3.05) is 26.2 Å². The van der Waals surface area contributed by atoms with Crippen molar-refractivity contribution in [3.63, 3.8) is 0 Å². The summed E-state index contributed by atoms with van der Waals surface area (Å²) in [4.78, 5) is 12.9. The number of nitrogens with one attached hydrogen (secondary N) is 2. The third-order valence-corrected chi connectivity index (χ3v) is 6.94. The minimum Gasteiger partial charge on any atom is -0.352 e. The van der Waals surface area contributed by atoms with Gasteiger partial charge in [-0.05, 0) is 51.3 Å². The zero-order valence-corrected chi connectivity index (χ0v) is 15.5. The summed E-state index contributed by atoms with van der Waals surface area (Å²) in [5.41, 5.74) is 1.02. The molecule has 1 aromatic rings. The zero-order chi connectivity index (χ0) is 17.9. The van der Waals surface area contributed by atoms with Crippen molar-refractivity contribution in [3.8, 4) is 0 Å². The Bertz CT molecular complexity index is 697. The van der Waals surface area contributed by atoms with Crippen molar-refractivity contribution < 1.29 is 13.2 Å². The summed E-state index contributed by atoms with van der Waals surface area (Å²) in [5.74, 6) is -0.284. The van der Waals surface area contributed by atoms with Crippen LogP contribution in [0.5, 0.6) is 0 Å². The van der Waals surface area contributed by atoms with Gasteiger partial charge in [-0.2, -0.15) is 4.31 Å². The molecule has 0 saturated carbocycles. The van der Waals surface area contributed by atoms with Crippen LogP contribution in [0.4, 0.5) is 0 Å². The fourth-order valence-electron chi connectivity index (χ4n) is 3.53. The molecule has 1 amide bonds. The summed E-state index contributed by atoms with van der Waals surface area (Å²) in [6, 6.07) is 7.04. The van der Waals surface area contributed by atoms with Gasteiger partial charge in [0.1, 0.15) is 0 Å². The van der Waals surface area contributed by atoms with Crippen LogP contribution in [-0.2, 0) is 14.8 Å². The molecular formula is C18H27N3O3S. The molecular weight excluding hydrogens is 338 g/mol. The van der Waals surface area contributed by atoms with Crippen LogP contribution in [0.3, 0.4) is 0 Å². The van der Waals surface area contributed by atoms with E-state index in [1.807, 2.05) is 6.92 Å². The maximum absolute atomic E-state index is 12.8. The van der Waals surface area contributed by atoms with Crippen LogP contribution in [0.25, 0.3) is 0 Å². The van der Waals surface area contributed by atoms with E-state index >= 15 is 0 Å². The van der Waals surface area contributed by atoms with Crippen LogP contribution in [0.15, 0.2) is 29.2 Å². The normalized spacial score (nSPS) is 25.5. The number of rotatable bonds is 4. The van der Waals surface area contributed by atoms with Crippen LogP contribution < -0.4 is 10.6 Å². The zero-order valence-electron chi connectivity index (χ0n) is 14.7. The Morgan fingerprint density at radius 3 is 2.64 bits per heavy atom. The molecule has 2 unspecified atom stereocenters. The molecule has 2 saturated heterocycles. The predicted octanol–water partition coefficient (Wildman–Crippen LogP) is 1.26. The summed E-state index contributed by atoms with van der Waals surface area (Å²) >= 11 is 0. The van der Waals surface area contributed by atoms with E-state index in [-0.39, 0.29) is 24.4 Å². The SMILES string of the molecule is Cc1ccc(S(=O)(=O)N2CCCC(C(=O)NC3CCCNC3)C2)cc1.